The number of hydrogen-bond donors (Lipinski definition) is 1. The number of pyridine rings is 1. The smallest absolute Gasteiger partial charge is 0.337 e. The predicted molar refractivity (Wildman–Crippen MR) is 64.4 cm³/mol. The van der Waals surface area contributed by atoms with Crippen molar-refractivity contribution < 1.29 is 14.7 Å². The number of carbonyl (C=O) groups is 2. The summed E-state index contributed by atoms with van der Waals surface area (Å²) >= 11 is 0. The van der Waals surface area contributed by atoms with Crippen LogP contribution in [0.1, 0.15) is 36.0 Å². The van der Waals surface area contributed by atoms with Crippen molar-refractivity contribution in [1.29, 1.82) is 0 Å². The molecule has 0 radical (unpaired) electrons. The van der Waals surface area contributed by atoms with E-state index in [1.54, 1.807) is 11.0 Å². The summed E-state index contributed by atoms with van der Waals surface area (Å²) in [6.07, 6.45) is 5.28. The molecule has 0 aromatic carbocycles. The summed E-state index contributed by atoms with van der Waals surface area (Å²) in [5.74, 6) is -0.112. The predicted octanol–water partition coefficient (Wildman–Crippen LogP) is 1.69. The van der Waals surface area contributed by atoms with Crippen molar-refractivity contribution in [3.63, 3.8) is 0 Å². The first kappa shape index (κ1) is 11.2. The molecule has 1 aromatic heterocycles. The van der Waals surface area contributed by atoms with E-state index >= 15 is 0 Å². The van der Waals surface area contributed by atoms with Gasteiger partial charge >= 0.3 is 5.97 Å². The van der Waals surface area contributed by atoms with Crippen LogP contribution in [0, 0.1) is 5.92 Å². The zero-order chi connectivity index (χ0) is 12.7. The average Bonchev–Trinajstić information content (AvgIpc) is 3.22. The Morgan fingerprint density at radius 3 is 2.39 bits per heavy atom. The quantitative estimate of drug-likeness (QED) is 0.877. The zero-order valence-electron chi connectivity index (χ0n) is 9.87. The monoisotopic (exact) mass is 246 g/mol. The minimum atomic E-state index is -0.999. The van der Waals surface area contributed by atoms with Crippen LogP contribution in [0.15, 0.2) is 18.3 Å². The zero-order valence-corrected chi connectivity index (χ0v) is 9.87. The highest BCUT2D eigenvalue weighted by Gasteiger charge is 2.41. The summed E-state index contributed by atoms with van der Waals surface area (Å²) in [5, 5.41) is 8.82. The molecule has 0 bridgehead atoms. The average molecular weight is 246 g/mol. The Labute approximate surface area is 104 Å². The first-order valence-electron chi connectivity index (χ1n) is 6.19. The van der Waals surface area contributed by atoms with Crippen molar-refractivity contribution in [1.82, 2.24) is 4.98 Å². The van der Waals surface area contributed by atoms with Crippen LogP contribution in [0.2, 0.25) is 0 Å². The highest BCUT2D eigenvalue weighted by atomic mass is 16.4. The molecule has 1 N–H and O–H groups in total. The van der Waals surface area contributed by atoms with Gasteiger partial charge in [0.25, 0.3) is 0 Å². The number of anilines is 1. The highest BCUT2D eigenvalue weighted by molar-refractivity contribution is 5.97. The molecule has 18 heavy (non-hydrogen) atoms. The van der Waals surface area contributed by atoms with Gasteiger partial charge in [-0.3, -0.25) is 9.69 Å². The van der Waals surface area contributed by atoms with E-state index in [4.69, 9.17) is 5.11 Å². The van der Waals surface area contributed by atoms with E-state index in [9.17, 15) is 9.59 Å². The second-order valence-corrected chi connectivity index (χ2v) is 4.92. The summed E-state index contributed by atoms with van der Waals surface area (Å²) in [7, 11) is 0. The highest BCUT2D eigenvalue weighted by Crippen LogP contribution is 2.38. The molecule has 0 aliphatic heterocycles. The van der Waals surface area contributed by atoms with Crippen LogP contribution in [-0.2, 0) is 4.79 Å². The third-order valence-electron chi connectivity index (χ3n) is 3.32. The molecule has 0 saturated heterocycles. The Morgan fingerprint density at radius 2 is 1.94 bits per heavy atom. The van der Waals surface area contributed by atoms with Gasteiger partial charge in [-0.2, -0.15) is 0 Å². The Hall–Kier alpha value is -1.91. The third-order valence-corrected chi connectivity index (χ3v) is 3.32. The van der Waals surface area contributed by atoms with Crippen molar-refractivity contribution in [2.24, 2.45) is 5.92 Å². The molecule has 94 valence electrons. The van der Waals surface area contributed by atoms with Crippen molar-refractivity contribution in [3.05, 3.63) is 23.9 Å². The van der Waals surface area contributed by atoms with Gasteiger partial charge in [-0.05, 0) is 37.8 Å². The molecule has 0 spiro atoms. The normalized spacial score (nSPS) is 18.4. The van der Waals surface area contributed by atoms with Gasteiger partial charge in [-0.15, -0.1) is 0 Å². The van der Waals surface area contributed by atoms with Crippen LogP contribution < -0.4 is 4.90 Å². The van der Waals surface area contributed by atoms with Crippen LogP contribution >= 0.6 is 0 Å². The molecule has 2 fully saturated rings. The number of aromatic carboxylic acids is 1. The molecule has 1 amide bonds. The van der Waals surface area contributed by atoms with Crippen LogP contribution in [-0.4, -0.2) is 28.0 Å². The molecule has 2 saturated carbocycles. The molecular weight excluding hydrogens is 232 g/mol. The Bertz CT molecular complexity index is 489. The molecule has 0 atom stereocenters. The second kappa shape index (κ2) is 4.08. The number of nitrogens with zero attached hydrogens (tertiary/aromatic N) is 2. The number of carboxylic acid groups (broad SMARTS) is 1. The Morgan fingerprint density at radius 1 is 1.22 bits per heavy atom. The maximum absolute atomic E-state index is 12.2. The number of aromatic nitrogens is 1. The SMILES string of the molecule is O=C(O)c1ccc(N(C(=O)C2CC2)C2CC2)nc1. The summed E-state index contributed by atoms with van der Waals surface area (Å²) in [6, 6.07) is 3.39. The number of carbonyl (C=O) groups excluding carboxylic acids is 1. The third kappa shape index (κ3) is 2.08. The van der Waals surface area contributed by atoms with Gasteiger partial charge < -0.3 is 5.11 Å². The number of rotatable bonds is 4. The van der Waals surface area contributed by atoms with Gasteiger partial charge in [-0.25, -0.2) is 9.78 Å². The molecule has 3 rings (SSSR count). The molecule has 1 heterocycles. The lowest BCUT2D eigenvalue weighted by Gasteiger charge is -2.21. The van der Waals surface area contributed by atoms with E-state index in [-0.39, 0.29) is 23.4 Å². The van der Waals surface area contributed by atoms with Gasteiger partial charge in [0.05, 0.1) is 5.56 Å². The molecule has 2 aliphatic carbocycles. The van der Waals surface area contributed by atoms with Crippen LogP contribution in [0.25, 0.3) is 0 Å². The van der Waals surface area contributed by atoms with Crippen LogP contribution in [0.5, 0.6) is 0 Å². The van der Waals surface area contributed by atoms with Crippen molar-refractivity contribution in [3.8, 4) is 0 Å². The Kier molecular flexibility index (Phi) is 2.54. The van der Waals surface area contributed by atoms with Gasteiger partial charge in [0, 0.05) is 18.2 Å². The summed E-state index contributed by atoms with van der Waals surface area (Å²) in [6.45, 7) is 0. The fourth-order valence-corrected chi connectivity index (χ4v) is 1.99. The lowest BCUT2D eigenvalue weighted by atomic mass is 10.2. The Balaban J connectivity index is 1.85. The summed E-state index contributed by atoms with van der Waals surface area (Å²) in [5.41, 5.74) is 0.147. The first-order chi connectivity index (χ1) is 8.66. The molecule has 5 heteroatoms. The van der Waals surface area contributed by atoms with E-state index in [0.29, 0.717) is 5.82 Å². The number of amides is 1. The van der Waals surface area contributed by atoms with Crippen molar-refractivity contribution in [2.45, 2.75) is 31.7 Å². The topological polar surface area (TPSA) is 70.5 Å². The number of carboxylic acids is 1. The van der Waals surface area contributed by atoms with Gasteiger partial charge in [0.2, 0.25) is 5.91 Å². The fourth-order valence-electron chi connectivity index (χ4n) is 1.99. The molecule has 0 unspecified atom stereocenters. The van der Waals surface area contributed by atoms with Gasteiger partial charge in [-0.1, -0.05) is 0 Å². The fraction of sp³-hybridized carbons (Fsp3) is 0.462. The van der Waals surface area contributed by atoms with Gasteiger partial charge in [0.15, 0.2) is 0 Å². The molecule has 5 nitrogen and oxygen atoms in total. The van der Waals surface area contributed by atoms with E-state index in [1.165, 1.54) is 12.3 Å². The van der Waals surface area contributed by atoms with Crippen LogP contribution in [0.3, 0.4) is 0 Å². The van der Waals surface area contributed by atoms with E-state index in [0.717, 1.165) is 25.7 Å². The number of hydrogen-bond acceptors (Lipinski definition) is 3. The minimum Gasteiger partial charge on any atom is -0.478 e. The first-order valence-corrected chi connectivity index (χ1v) is 6.19. The molecular formula is C13H14N2O3. The van der Waals surface area contributed by atoms with Gasteiger partial charge in [0.1, 0.15) is 5.82 Å². The van der Waals surface area contributed by atoms with E-state index in [2.05, 4.69) is 4.98 Å². The maximum Gasteiger partial charge on any atom is 0.337 e. The van der Waals surface area contributed by atoms with Crippen LogP contribution in [0.4, 0.5) is 5.82 Å². The van der Waals surface area contributed by atoms with E-state index < -0.39 is 5.97 Å². The standard InChI is InChI=1S/C13H14N2O3/c16-12(8-1-2-8)15(10-4-5-10)11-6-3-9(7-14-11)13(17)18/h3,6-8,10H,1-2,4-5H2,(H,17,18). The lowest BCUT2D eigenvalue weighted by molar-refractivity contribution is -0.119. The van der Waals surface area contributed by atoms with E-state index in [1.807, 2.05) is 0 Å². The van der Waals surface area contributed by atoms with Crippen molar-refractivity contribution in [2.75, 3.05) is 4.90 Å². The summed E-state index contributed by atoms with van der Waals surface area (Å²) < 4.78 is 0. The maximum atomic E-state index is 12.2. The largest absolute Gasteiger partial charge is 0.478 e. The molecule has 2 aliphatic rings. The minimum absolute atomic E-state index is 0.146. The molecule has 1 aromatic rings. The summed E-state index contributed by atoms with van der Waals surface area (Å²) in [4.78, 5) is 28.8. The lowest BCUT2D eigenvalue weighted by Crippen LogP contribution is -2.34. The second-order valence-electron chi connectivity index (χ2n) is 4.92. The van der Waals surface area contributed by atoms with Crippen molar-refractivity contribution >= 4 is 17.7 Å².